The summed E-state index contributed by atoms with van der Waals surface area (Å²) in [6, 6.07) is 17.6. The van der Waals surface area contributed by atoms with Crippen LogP contribution in [0.5, 0.6) is 0 Å². The molecule has 0 amide bonds. The number of ether oxygens (including phenoxy) is 4. The summed E-state index contributed by atoms with van der Waals surface area (Å²) >= 11 is -4.12. The molecule has 2 unspecified atom stereocenters. The molecule has 0 aliphatic carbocycles. The van der Waals surface area contributed by atoms with Gasteiger partial charge in [0.2, 0.25) is 0 Å². The Morgan fingerprint density at radius 2 is 1.15 bits per heavy atom. The number of carbonyl (C=O) groups is 4. The predicted octanol–water partition coefficient (Wildman–Crippen LogP) is 1.03. The number of rotatable bonds is 8. The van der Waals surface area contributed by atoms with Gasteiger partial charge in [0, 0.05) is 0 Å². The van der Waals surface area contributed by atoms with E-state index in [0.29, 0.717) is 0 Å². The number of hydrogen-bond donors (Lipinski definition) is 1. The molecule has 2 aromatic rings. The number of hydrogen-bond acceptors (Lipinski definition) is 9. The summed E-state index contributed by atoms with van der Waals surface area (Å²) in [5.41, 5.74) is 0. The van der Waals surface area contributed by atoms with Gasteiger partial charge in [-0.05, 0) is 0 Å². The van der Waals surface area contributed by atoms with E-state index in [0.717, 1.165) is 6.54 Å². The molecular formula is C25H24Bi2F4O9. The average Bonchev–Trinajstić information content (AvgIpc) is 3.27. The third-order valence-corrected chi connectivity index (χ3v) is 12.9. The molecule has 1 N–H and O–H groups in total. The third kappa shape index (κ3) is 7.94. The molecule has 4 atom stereocenters. The molecule has 0 bridgehead atoms. The second-order valence-corrected chi connectivity index (χ2v) is 18.0. The van der Waals surface area contributed by atoms with Crippen LogP contribution in [0.4, 0.5) is 27.2 Å². The van der Waals surface area contributed by atoms with Crippen molar-refractivity contribution in [1.82, 2.24) is 0 Å². The Balaban J connectivity index is 0.000000220. The summed E-state index contributed by atoms with van der Waals surface area (Å²) in [5, 5.41) is 8.90. The van der Waals surface area contributed by atoms with Crippen molar-refractivity contribution in [1.29, 1.82) is 0 Å². The first-order valence-electron chi connectivity index (χ1n) is 11.7. The normalized spacial score (nSPS) is 24.2. The Morgan fingerprint density at radius 3 is 1.52 bits per heavy atom. The molecule has 0 aromatic heterocycles. The molecular weight excluding hydrogens is 938 g/mol. The van der Waals surface area contributed by atoms with Crippen molar-refractivity contribution in [3.8, 4) is 0 Å². The molecule has 40 heavy (non-hydrogen) atoms. The minimum absolute atomic E-state index is 0.179. The number of carbonyl (C=O) groups excluding carboxylic acids is 4. The van der Waals surface area contributed by atoms with Crippen molar-refractivity contribution < 1.29 is 60.8 Å². The van der Waals surface area contributed by atoms with Gasteiger partial charge < -0.3 is 0 Å². The first-order chi connectivity index (χ1) is 18.9. The molecule has 2 saturated heterocycles. The minimum atomic E-state index is -3.91. The zero-order valence-electron chi connectivity index (χ0n) is 20.7. The predicted molar refractivity (Wildman–Crippen MR) is 134 cm³/mol. The van der Waals surface area contributed by atoms with Gasteiger partial charge in [0.1, 0.15) is 0 Å². The number of esters is 2. The third-order valence-electron chi connectivity index (χ3n) is 5.54. The Morgan fingerprint density at radius 1 is 0.775 bits per heavy atom. The second-order valence-electron chi connectivity index (χ2n) is 8.36. The summed E-state index contributed by atoms with van der Waals surface area (Å²) in [6.07, 6.45) is -6.26. The average molecular weight is 962 g/mol. The fraction of sp³-hybridized carbons (Fsp3) is 0.360. The maximum atomic E-state index is 13.6. The van der Waals surface area contributed by atoms with Gasteiger partial charge in [-0.15, -0.1) is 0 Å². The zero-order chi connectivity index (χ0) is 29.5. The van der Waals surface area contributed by atoms with Crippen LogP contribution in [0.1, 0.15) is 13.3 Å². The zero-order valence-corrected chi connectivity index (χ0v) is 28.5. The number of benzene rings is 2. The van der Waals surface area contributed by atoms with Crippen molar-refractivity contribution in [2.75, 3.05) is 6.61 Å². The van der Waals surface area contributed by atoms with E-state index in [1.54, 1.807) is 61.5 Å². The van der Waals surface area contributed by atoms with E-state index in [-0.39, 0.29) is 6.42 Å². The number of cyclic esters (lactones) is 2. The van der Waals surface area contributed by atoms with E-state index in [1.165, 1.54) is 0 Å². The molecule has 2 aliphatic rings. The first kappa shape index (κ1) is 32.3. The van der Waals surface area contributed by atoms with E-state index >= 15 is 0 Å². The number of aliphatic hydroxyl groups excluding tert-OH is 1. The van der Waals surface area contributed by atoms with Crippen LogP contribution in [0.3, 0.4) is 0 Å². The maximum absolute atomic E-state index is 13.6. The Kier molecular flexibility index (Phi) is 11.4. The van der Waals surface area contributed by atoms with Gasteiger partial charge in [0.05, 0.1) is 0 Å². The monoisotopic (exact) mass is 962 g/mol. The molecule has 2 aliphatic heterocycles. The molecule has 4 rings (SSSR count). The van der Waals surface area contributed by atoms with E-state index in [9.17, 15) is 36.7 Å². The Labute approximate surface area is 248 Å². The van der Waals surface area contributed by atoms with Crippen molar-refractivity contribution in [2.24, 2.45) is 0 Å². The number of alkyl halides is 4. The number of aliphatic hydroxyl groups is 1. The van der Waals surface area contributed by atoms with Gasteiger partial charge >= 0.3 is 250 Å². The first-order valence-corrected chi connectivity index (χ1v) is 19.5. The van der Waals surface area contributed by atoms with Crippen LogP contribution in [-0.2, 0) is 28.5 Å². The van der Waals surface area contributed by atoms with Gasteiger partial charge in [0.25, 0.3) is 0 Å². The van der Waals surface area contributed by atoms with Crippen LogP contribution in [0, 0.1) is 0 Å². The molecule has 2 aromatic carbocycles. The summed E-state index contributed by atoms with van der Waals surface area (Å²) in [5.74, 6) is -11.1. The molecule has 216 valence electrons. The van der Waals surface area contributed by atoms with E-state index in [4.69, 9.17) is 14.6 Å². The van der Waals surface area contributed by atoms with Gasteiger partial charge in [-0.1, -0.05) is 0 Å². The molecule has 2 heterocycles. The van der Waals surface area contributed by atoms with Crippen LogP contribution in [0.2, 0.25) is 0 Å². The van der Waals surface area contributed by atoms with Crippen LogP contribution in [-0.4, -0.2) is 114 Å². The molecule has 0 spiro atoms. The summed E-state index contributed by atoms with van der Waals surface area (Å²) < 4.78 is 72.9. The standard InChI is InChI=1S/C7H7F2O4.C6H5F2O5.2C6H5.2Bi.2H/c1-2-4-5(12-3-10)7(8,9)6(11)13-4;7-6(8)4(12-2-10)3(1-9)13-5(6)11;2*1-2-4-6-5-3-1;;;;/h4-5H,2H2,1H3;3-4,9H,1H2;2*1-5H;;;;/t4-,5?;3-,4?;;;;;;/m11....../s1. The summed E-state index contributed by atoms with van der Waals surface area (Å²) in [7, 11) is 0. The van der Waals surface area contributed by atoms with Gasteiger partial charge in [-0.25, -0.2) is 0 Å². The summed E-state index contributed by atoms with van der Waals surface area (Å²) in [4.78, 5) is 45.5. The van der Waals surface area contributed by atoms with Crippen LogP contribution in [0.15, 0.2) is 60.7 Å². The molecule has 0 saturated carbocycles. The Hall–Kier alpha value is -2.23. The second kappa shape index (κ2) is 14.1. The van der Waals surface area contributed by atoms with E-state index < -0.39 is 109 Å². The van der Waals surface area contributed by atoms with Gasteiger partial charge in [-0.3, -0.25) is 0 Å². The van der Waals surface area contributed by atoms with Crippen LogP contribution in [0.25, 0.3) is 0 Å². The van der Waals surface area contributed by atoms with E-state index in [1.807, 2.05) is 6.07 Å². The molecule has 15 heteroatoms. The topological polar surface area (TPSA) is 125 Å². The van der Waals surface area contributed by atoms with Gasteiger partial charge in [-0.2, -0.15) is 0 Å². The number of halogens is 4. The molecule has 2 fully saturated rings. The quantitative estimate of drug-likeness (QED) is 0.179. The van der Waals surface area contributed by atoms with Crippen molar-refractivity contribution in [3.05, 3.63) is 60.7 Å². The van der Waals surface area contributed by atoms with Crippen molar-refractivity contribution >= 4 is 72.3 Å². The van der Waals surface area contributed by atoms with Gasteiger partial charge in [0.15, 0.2) is 0 Å². The summed E-state index contributed by atoms with van der Waals surface area (Å²) in [6.45, 7) is 0.776. The van der Waals surface area contributed by atoms with Crippen LogP contribution < -0.4 is 6.54 Å². The molecule has 9 nitrogen and oxygen atoms in total. The fourth-order valence-corrected chi connectivity index (χ4v) is 9.62. The van der Waals surface area contributed by atoms with Crippen LogP contribution >= 0.6 is 0 Å². The Bertz CT molecular complexity index is 1110. The fourth-order valence-electron chi connectivity index (χ4n) is 3.55. The van der Waals surface area contributed by atoms with Crippen molar-refractivity contribution in [2.45, 2.75) is 49.6 Å². The van der Waals surface area contributed by atoms with E-state index in [2.05, 4.69) is 9.47 Å². The molecule has 0 radical (unpaired) electrons. The SMILES string of the molecule is CC[C@H]1OC(=O)C(F)(F)C1O[C](=O)[BiH][c]1ccccc1.O=[C](OC1[C@@H](CO)OC(=O)C1(F)F)[BiH][c]1ccccc1. The van der Waals surface area contributed by atoms with Crippen molar-refractivity contribution in [3.63, 3.8) is 0 Å².